The van der Waals surface area contributed by atoms with Gasteiger partial charge < -0.3 is 16.0 Å². The Bertz CT molecular complexity index is 565. The van der Waals surface area contributed by atoms with Gasteiger partial charge in [-0.25, -0.2) is 0 Å². The summed E-state index contributed by atoms with van der Waals surface area (Å²) >= 11 is 1.42. The van der Waals surface area contributed by atoms with Crippen LogP contribution in [0.4, 0.5) is 0 Å². The molecule has 7 heteroatoms. The van der Waals surface area contributed by atoms with E-state index in [9.17, 15) is 9.59 Å². The Morgan fingerprint density at radius 1 is 1.08 bits per heavy atom. The topological polar surface area (TPSA) is 70.2 Å². The Hall–Kier alpha value is -1.24. The van der Waals surface area contributed by atoms with Crippen LogP contribution in [0.1, 0.15) is 42.5 Å². The molecule has 0 unspecified atom stereocenters. The molecular weight excluding hydrogens is 370 g/mol. The summed E-state index contributed by atoms with van der Waals surface area (Å²) in [5.74, 6) is 0.919. The number of hydrogen-bond donors (Lipinski definition) is 3. The van der Waals surface area contributed by atoms with E-state index < -0.39 is 0 Å². The lowest BCUT2D eigenvalue weighted by atomic mass is 9.89. The van der Waals surface area contributed by atoms with Crippen LogP contribution in [0, 0.1) is 5.92 Å². The van der Waals surface area contributed by atoms with Gasteiger partial charge in [0, 0.05) is 24.5 Å². The highest BCUT2D eigenvalue weighted by Crippen LogP contribution is 2.24. The van der Waals surface area contributed by atoms with Crippen molar-refractivity contribution in [3.63, 3.8) is 0 Å². The summed E-state index contributed by atoms with van der Waals surface area (Å²) in [4.78, 5) is 25.2. The molecule has 0 radical (unpaired) electrons. The van der Waals surface area contributed by atoms with Gasteiger partial charge in [0.2, 0.25) is 5.91 Å². The molecule has 0 aliphatic heterocycles. The van der Waals surface area contributed by atoms with Crippen molar-refractivity contribution in [3.8, 4) is 0 Å². The highest BCUT2D eigenvalue weighted by molar-refractivity contribution is 8.00. The Balaban J connectivity index is 0.00000338. The zero-order valence-electron chi connectivity index (χ0n) is 15.4. The molecule has 146 valence electrons. The molecule has 0 saturated heterocycles. The number of carbonyl (C=O) groups is 2. The van der Waals surface area contributed by atoms with Crippen LogP contribution in [-0.2, 0) is 4.79 Å². The maximum Gasteiger partial charge on any atom is 0.252 e. The summed E-state index contributed by atoms with van der Waals surface area (Å²) in [6, 6.07) is 7.44. The van der Waals surface area contributed by atoms with E-state index in [1.54, 1.807) is 6.07 Å². The van der Waals surface area contributed by atoms with Crippen molar-refractivity contribution in [1.82, 2.24) is 16.0 Å². The third kappa shape index (κ3) is 7.98. The van der Waals surface area contributed by atoms with Gasteiger partial charge in [0.25, 0.3) is 5.91 Å². The number of likely N-dealkylation sites (N-methyl/N-ethyl adjacent to an activating group) is 1. The second-order valence-electron chi connectivity index (χ2n) is 6.45. The van der Waals surface area contributed by atoms with Crippen LogP contribution in [0.15, 0.2) is 29.2 Å². The van der Waals surface area contributed by atoms with Crippen molar-refractivity contribution in [2.75, 3.05) is 32.4 Å². The third-order valence-corrected chi connectivity index (χ3v) is 5.54. The number of rotatable bonds is 9. The molecule has 1 aliphatic rings. The van der Waals surface area contributed by atoms with Crippen LogP contribution >= 0.6 is 24.2 Å². The molecule has 0 bridgehead atoms. The maximum absolute atomic E-state index is 12.3. The Kier molecular flexibility index (Phi) is 11.4. The molecule has 1 saturated carbocycles. The van der Waals surface area contributed by atoms with Gasteiger partial charge >= 0.3 is 0 Å². The van der Waals surface area contributed by atoms with E-state index in [2.05, 4.69) is 16.0 Å². The molecule has 0 spiro atoms. The first-order valence-electron chi connectivity index (χ1n) is 9.12. The molecule has 26 heavy (non-hydrogen) atoms. The molecule has 3 N–H and O–H groups in total. The number of carbonyl (C=O) groups excluding carboxylic acids is 2. The summed E-state index contributed by atoms with van der Waals surface area (Å²) in [5, 5.41) is 8.92. The highest BCUT2D eigenvalue weighted by atomic mass is 35.5. The molecule has 0 heterocycles. The molecule has 0 atom stereocenters. The van der Waals surface area contributed by atoms with Gasteiger partial charge in [-0.1, -0.05) is 31.4 Å². The molecule has 2 rings (SSSR count). The smallest absolute Gasteiger partial charge is 0.252 e. The van der Waals surface area contributed by atoms with E-state index >= 15 is 0 Å². The second kappa shape index (κ2) is 13.0. The lowest BCUT2D eigenvalue weighted by molar-refractivity contribution is -0.118. The molecule has 5 nitrogen and oxygen atoms in total. The third-order valence-electron chi connectivity index (χ3n) is 4.46. The molecular formula is C19H30ClN3O2S. The van der Waals surface area contributed by atoms with Crippen molar-refractivity contribution in [3.05, 3.63) is 29.8 Å². The fraction of sp³-hybridized carbons (Fsp3) is 0.579. The molecule has 1 aromatic carbocycles. The van der Waals surface area contributed by atoms with E-state index in [0.29, 0.717) is 23.8 Å². The van der Waals surface area contributed by atoms with E-state index in [-0.39, 0.29) is 24.2 Å². The number of thioether (sulfide) groups is 1. The van der Waals surface area contributed by atoms with Crippen molar-refractivity contribution in [2.45, 2.75) is 37.0 Å². The summed E-state index contributed by atoms with van der Waals surface area (Å²) in [6.07, 6.45) is 6.34. The van der Waals surface area contributed by atoms with Gasteiger partial charge in [0.15, 0.2) is 0 Å². The first-order valence-corrected chi connectivity index (χ1v) is 10.1. The Morgan fingerprint density at radius 3 is 2.54 bits per heavy atom. The summed E-state index contributed by atoms with van der Waals surface area (Å²) in [5.41, 5.74) is 0.628. The molecule has 0 aromatic heterocycles. The van der Waals surface area contributed by atoms with E-state index in [4.69, 9.17) is 0 Å². The Labute approximate surface area is 166 Å². The van der Waals surface area contributed by atoms with Crippen LogP contribution in [0.5, 0.6) is 0 Å². The monoisotopic (exact) mass is 399 g/mol. The van der Waals surface area contributed by atoms with Crippen molar-refractivity contribution in [2.24, 2.45) is 5.92 Å². The molecule has 1 aromatic rings. The number of amides is 2. The molecule has 2 amide bonds. The number of halogens is 1. The first kappa shape index (κ1) is 22.8. The summed E-state index contributed by atoms with van der Waals surface area (Å²) in [7, 11) is 1.85. The fourth-order valence-electron chi connectivity index (χ4n) is 3.02. The van der Waals surface area contributed by atoms with Gasteiger partial charge in [-0.2, -0.15) is 0 Å². The van der Waals surface area contributed by atoms with Gasteiger partial charge in [-0.3, -0.25) is 9.59 Å². The maximum atomic E-state index is 12.3. The average molecular weight is 400 g/mol. The molecule has 1 fully saturated rings. The highest BCUT2D eigenvalue weighted by Gasteiger charge is 2.15. The zero-order chi connectivity index (χ0) is 17.9. The minimum atomic E-state index is -0.0963. The van der Waals surface area contributed by atoms with Gasteiger partial charge in [-0.15, -0.1) is 24.2 Å². The standard InChI is InChI=1S/C19H29N3O2S.ClH/c1-20-11-12-21-19(24)16-9-5-6-10-17(16)25-14-18(23)22-13-15-7-3-2-4-8-15;/h5-6,9-10,15,20H,2-4,7-8,11-14H2,1H3,(H,21,24)(H,22,23);1H. The normalized spacial score (nSPS) is 14.3. The minimum Gasteiger partial charge on any atom is -0.355 e. The second-order valence-corrected chi connectivity index (χ2v) is 7.47. The summed E-state index contributed by atoms with van der Waals surface area (Å²) < 4.78 is 0. The van der Waals surface area contributed by atoms with E-state index in [0.717, 1.165) is 18.0 Å². The Morgan fingerprint density at radius 2 is 1.81 bits per heavy atom. The lowest BCUT2D eigenvalue weighted by Crippen LogP contribution is -2.32. The number of hydrogen-bond acceptors (Lipinski definition) is 4. The molecule has 1 aliphatic carbocycles. The predicted octanol–water partition coefficient (Wildman–Crippen LogP) is 2.85. The van der Waals surface area contributed by atoms with Crippen molar-refractivity contribution in [1.29, 1.82) is 0 Å². The van der Waals surface area contributed by atoms with Crippen LogP contribution in [0.2, 0.25) is 0 Å². The fourth-order valence-corrected chi connectivity index (χ4v) is 3.90. The average Bonchev–Trinajstić information content (AvgIpc) is 2.66. The van der Waals surface area contributed by atoms with Gasteiger partial charge in [0.1, 0.15) is 0 Å². The minimum absolute atomic E-state index is 0. The van der Waals surface area contributed by atoms with E-state index in [1.165, 1.54) is 43.9 Å². The number of nitrogens with one attached hydrogen (secondary N) is 3. The predicted molar refractivity (Wildman–Crippen MR) is 110 cm³/mol. The quantitative estimate of drug-likeness (QED) is 0.441. The largest absolute Gasteiger partial charge is 0.355 e. The van der Waals surface area contributed by atoms with Crippen LogP contribution in [0.25, 0.3) is 0 Å². The van der Waals surface area contributed by atoms with Crippen LogP contribution in [-0.4, -0.2) is 44.2 Å². The van der Waals surface area contributed by atoms with E-state index in [1.807, 2.05) is 25.2 Å². The SMILES string of the molecule is CNCCNC(=O)c1ccccc1SCC(=O)NCC1CCCCC1.Cl. The van der Waals surface area contributed by atoms with Crippen LogP contribution < -0.4 is 16.0 Å². The van der Waals surface area contributed by atoms with Crippen molar-refractivity contribution < 1.29 is 9.59 Å². The lowest BCUT2D eigenvalue weighted by Gasteiger charge is -2.21. The first-order chi connectivity index (χ1) is 12.2. The zero-order valence-corrected chi connectivity index (χ0v) is 17.0. The van der Waals surface area contributed by atoms with Gasteiger partial charge in [0.05, 0.1) is 11.3 Å². The van der Waals surface area contributed by atoms with Crippen LogP contribution in [0.3, 0.4) is 0 Å². The number of benzene rings is 1. The summed E-state index contributed by atoms with van der Waals surface area (Å²) in [6.45, 7) is 2.09. The van der Waals surface area contributed by atoms with Gasteiger partial charge in [-0.05, 0) is 37.9 Å². The van der Waals surface area contributed by atoms with Crippen molar-refractivity contribution >= 4 is 36.0 Å².